The first-order valence-electron chi connectivity index (χ1n) is 6.29. The molecule has 2 rings (SSSR count). The van der Waals surface area contributed by atoms with Crippen LogP contribution < -0.4 is 4.90 Å². The lowest BCUT2D eigenvalue weighted by Gasteiger charge is -2.25. The minimum Gasteiger partial charge on any atom is -0.481 e. The highest BCUT2D eigenvalue weighted by molar-refractivity contribution is 6.30. The fraction of sp³-hybridized carbons (Fsp3) is 0.429. The van der Waals surface area contributed by atoms with Crippen molar-refractivity contribution in [2.24, 2.45) is 11.8 Å². The number of carboxylic acids is 1. The largest absolute Gasteiger partial charge is 0.481 e. The molecule has 4 nitrogen and oxygen atoms in total. The molecule has 102 valence electrons. The van der Waals surface area contributed by atoms with Crippen LogP contribution in [0.5, 0.6) is 0 Å². The number of aliphatic carboxylic acids is 1. The Balaban J connectivity index is 2.23. The second kappa shape index (κ2) is 5.61. The number of anilines is 1. The molecule has 0 saturated heterocycles. The Morgan fingerprint density at radius 1 is 1.47 bits per heavy atom. The highest BCUT2D eigenvalue weighted by Crippen LogP contribution is 2.33. The van der Waals surface area contributed by atoms with Crippen LogP contribution in [0, 0.1) is 11.8 Å². The molecule has 1 fully saturated rings. The first-order chi connectivity index (χ1) is 8.99. The molecular formula is C14H16ClNO3. The monoisotopic (exact) mass is 281 g/mol. The van der Waals surface area contributed by atoms with E-state index in [4.69, 9.17) is 16.7 Å². The van der Waals surface area contributed by atoms with Gasteiger partial charge < -0.3 is 10.0 Å². The Bertz CT molecular complexity index is 499. The predicted molar refractivity (Wildman–Crippen MR) is 73.3 cm³/mol. The van der Waals surface area contributed by atoms with Crippen molar-refractivity contribution in [2.45, 2.75) is 19.8 Å². The van der Waals surface area contributed by atoms with E-state index in [0.717, 1.165) is 12.8 Å². The molecule has 0 bridgehead atoms. The Morgan fingerprint density at radius 3 is 2.68 bits per heavy atom. The van der Waals surface area contributed by atoms with Crippen LogP contribution in [0.2, 0.25) is 5.02 Å². The number of halogens is 1. The molecule has 1 aromatic carbocycles. The lowest BCUT2D eigenvalue weighted by Crippen LogP contribution is -2.38. The van der Waals surface area contributed by atoms with Gasteiger partial charge in [0.15, 0.2) is 0 Å². The molecule has 1 N–H and O–H groups in total. The molecule has 1 aromatic rings. The van der Waals surface area contributed by atoms with Crippen molar-refractivity contribution >= 4 is 29.2 Å². The molecule has 1 saturated carbocycles. The van der Waals surface area contributed by atoms with Gasteiger partial charge >= 0.3 is 5.97 Å². The summed E-state index contributed by atoms with van der Waals surface area (Å²) in [5, 5.41) is 9.54. The number of nitrogens with zero attached hydrogens (tertiary/aromatic N) is 1. The van der Waals surface area contributed by atoms with Crippen LogP contribution >= 0.6 is 11.6 Å². The van der Waals surface area contributed by atoms with Crippen LogP contribution in [0.25, 0.3) is 0 Å². The number of hydrogen-bond donors (Lipinski definition) is 1. The third-order valence-corrected chi connectivity index (χ3v) is 3.43. The second-order valence-corrected chi connectivity index (χ2v) is 5.38. The molecule has 1 atom stereocenters. The maximum Gasteiger partial charge on any atom is 0.308 e. The number of carbonyl (C=O) groups excluding carboxylic acids is 1. The summed E-state index contributed by atoms with van der Waals surface area (Å²) >= 11 is 5.93. The quantitative estimate of drug-likeness (QED) is 0.903. The van der Waals surface area contributed by atoms with E-state index in [-0.39, 0.29) is 18.4 Å². The summed E-state index contributed by atoms with van der Waals surface area (Å²) in [5.41, 5.74) is 0.664. The molecule has 0 radical (unpaired) electrons. The molecule has 0 aliphatic heterocycles. The van der Waals surface area contributed by atoms with Crippen LogP contribution in [0.4, 0.5) is 5.69 Å². The molecule has 5 heteroatoms. The molecule has 1 aliphatic carbocycles. The second-order valence-electron chi connectivity index (χ2n) is 4.94. The van der Waals surface area contributed by atoms with Gasteiger partial charge in [0.2, 0.25) is 5.91 Å². The van der Waals surface area contributed by atoms with Crippen molar-refractivity contribution in [3.05, 3.63) is 29.3 Å². The zero-order chi connectivity index (χ0) is 14.0. The van der Waals surface area contributed by atoms with Crippen LogP contribution in [0.1, 0.15) is 19.8 Å². The Hall–Kier alpha value is -1.55. The summed E-state index contributed by atoms with van der Waals surface area (Å²) in [4.78, 5) is 24.8. The van der Waals surface area contributed by atoms with E-state index in [1.54, 1.807) is 36.1 Å². The number of benzene rings is 1. The average molecular weight is 282 g/mol. The van der Waals surface area contributed by atoms with E-state index in [1.165, 1.54) is 0 Å². The van der Waals surface area contributed by atoms with E-state index in [1.807, 2.05) is 0 Å². The summed E-state index contributed by atoms with van der Waals surface area (Å²) in [5.74, 6) is -1.48. The molecule has 1 amide bonds. The van der Waals surface area contributed by atoms with Gasteiger partial charge in [0.05, 0.1) is 5.92 Å². The van der Waals surface area contributed by atoms with Gasteiger partial charge in [0.1, 0.15) is 0 Å². The first-order valence-corrected chi connectivity index (χ1v) is 6.66. The molecular weight excluding hydrogens is 266 g/mol. The minimum atomic E-state index is -0.907. The van der Waals surface area contributed by atoms with Crippen molar-refractivity contribution in [2.75, 3.05) is 11.4 Å². The van der Waals surface area contributed by atoms with E-state index >= 15 is 0 Å². The van der Waals surface area contributed by atoms with Crippen molar-refractivity contribution in [1.82, 2.24) is 0 Å². The van der Waals surface area contributed by atoms with E-state index < -0.39 is 11.9 Å². The Morgan fingerprint density at radius 2 is 2.16 bits per heavy atom. The smallest absolute Gasteiger partial charge is 0.308 e. The summed E-state index contributed by atoms with van der Waals surface area (Å²) in [6.45, 7) is 1.77. The summed E-state index contributed by atoms with van der Waals surface area (Å²) < 4.78 is 0. The zero-order valence-corrected chi connectivity index (χ0v) is 11.4. The lowest BCUT2D eigenvalue weighted by molar-refractivity contribution is -0.140. The maximum absolute atomic E-state index is 12.3. The van der Waals surface area contributed by atoms with Gasteiger partial charge in [-0.15, -0.1) is 0 Å². The molecule has 0 aromatic heterocycles. The standard InChI is InChI=1S/C14H16ClNO3/c1-9(14(18)19)8-16(13(17)10-5-6-10)12-4-2-3-11(15)7-12/h2-4,7,9-10H,5-6,8H2,1H3,(H,18,19). The normalized spacial score (nSPS) is 15.9. The maximum atomic E-state index is 12.3. The van der Waals surface area contributed by atoms with Crippen LogP contribution in [-0.4, -0.2) is 23.5 Å². The average Bonchev–Trinajstić information content (AvgIpc) is 3.18. The van der Waals surface area contributed by atoms with Crippen molar-refractivity contribution < 1.29 is 14.7 Å². The topological polar surface area (TPSA) is 57.6 Å². The molecule has 1 aliphatic rings. The van der Waals surface area contributed by atoms with E-state index in [2.05, 4.69) is 0 Å². The SMILES string of the molecule is CC(CN(C(=O)C1CC1)c1cccc(Cl)c1)C(=O)O. The Kier molecular flexibility index (Phi) is 4.10. The van der Waals surface area contributed by atoms with E-state index in [0.29, 0.717) is 10.7 Å². The molecule has 0 heterocycles. The first kappa shape index (κ1) is 13.9. The highest BCUT2D eigenvalue weighted by atomic mass is 35.5. The lowest BCUT2D eigenvalue weighted by atomic mass is 10.1. The van der Waals surface area contributed by atoms with Crippen molar-refractivity contribution in [3.8, 4) is 0 Å². The summed E-state index contributed by atoms with van der Waals surface area (Å²) in [6, 6.07) is 6.96. The predicted octanol–water partition coefficient (Wildman–Crippen LogP) is 2.80. The summed E-state index contributed by atoms with van der Waals surface area (Å²) in [7, 11) is 0. The molecule has 19 heavy (non-hydrogen) atoms. The van der Waals surface area contributed by atoms with Gasteiger partial charge in [-0.1, -0.05) is 24.6 Å². The van der Waals surface area contributed by atoms with Gasteiger partial charge in [0.25, 0.3) is 0 Å². The number of amides is 1. The molecule has 1 unspecified atom stereocenters. The summed E-state index contributed by atoms with van der Waals surface area (Å²) in [6.07, 6.45) is 1.77. The minimum absolute atomic E-state index is 0.00429. The third kappa shape index (κ3) is 3.47. The third-order valence-electron chi connectivity index (χ3n) is 3.19. The van der Waals surface area contributed by atoms with Gasteiger partial charge in [-0.25, -0.2) is 0 Å². The van der Waals surface area contributed by atoms with Gasteiger partial charge in [-0.05, 0) is 31.0 Å². The number of carbonyl (C=O) groups is 2. The Labute approximate surface area is 117 Å². The fourth-order valence-electron chi connectivity index (χ4n) is 1.87. The zero-order valence-electron chi connectivity index (χ0n) is 10.7. The number of rotatable bonds is 5. The van der Waals surface area contributed by atoms with Gasteiger partial charge in [-0.3, -0.25) is 9.59 Å². The van der Waals surface area contributed by atoms with Crippen molar-refractivity contribution in [1.29, 1.82) is 0 Å². The van der Waals surface area contributed by atoms with Gasteiger partial charge in [-0.2, -0.15) is 0 Å². The van der Waals surface area contributed by atoms with Gasteiger partial charge in [0, 0.05) is 23.2 Å². The van der Waals surface area contributed by atoms with Crippen molar-refractivity contribution in [3.63, 3.8) is 0 Å². The molecule has 0 spiro atoms. The number of hydrogen-bond acceptors (Lipinski definition) is 2. The van der Waals surface area contributed by atoms with Crippen LogP contribution in [-0.2, 0) is 9.59 Å². The van der Waals surface area contributed by atoms with E-state index in [9.17, 15) is 9.59 Å². The van der Waals surface area contributed by atoms with Crippen LogP contribution in [0.3, 0.4) is 0 Å². The number of carboxylic acid groups (broad SMARTS) is 1. The fourth-order valence-corrected chi connectivity index (χ4v) is 2.05. The highest BCUT2D eigenvalue weighted by Gasteiger charge is 2.35. The van der Waals surface area contributed by atoms with Crippen LogP contribution in [0.15, 0.2) is 24.3 Å².